The van der Waals surface area contributed by atoms with Crippen LogP contribution in [0.1, 0.15) is 6.92 Å². The number of halogens is 1. The maximum absolute atomic E-state index is 13.2. The fraction of sp³-hybridized carbons (Fsp3) is 0.0800. The predicted molar refractivity (Wildman–Crippen MR) is 124 cm³/mol. The van der Waals surface area contributed by atoms with Crippen LogP contribution in [0.25, 0.3) is 39.3 Å². The lowest BCUT2D eigenvalue weighted by atomic mass is 10.1. The molecule has 0 aliphatic heterocycles. The topological polar surface area (TPSA) is 70.2 Å². The van der Waals surface area contributed by atoms with Crippen molar-refractivity contribution in [1.82, 2.24) is 14.7 Å². The summed E-state index contributed by atoms with van der Waals surface area (Å²) in [6.45, 7) is 2.50. The van der Waals surface area contributed by atoms with Crippen molar-refractivity contribution >= 4 is 22.4 Å². The third-order valence-electron chi connectivity index (χ3n) is 5.12. The third kappa shape index (κ3) is 3.55. The van der Waals surface area contributed by atoms with Crippen LogP contribution in [-0.2, 0) is 0 Å². The molecule has 2 heterocycles. The van der Waals surface area contributed by atoms with E-state index in [9.17, 15) is 4.79 Å². The molecule has 0 amide bonds. The van der Waals surface area contributed by atoms with Crippen LogP contribution in [-0.4, -0.2) is 21.3 Å². The zero-order chi connectivity index (χ0) is 22.1. The first-order valence-electron chi connectivity index (χ1n) is 10.1. The first-order valence-corrected chi connectivity index (χ1v) is 10.5. The van der Waals surface area contributed by atoms with Crippen molar-refractivity contribution < 1.29 is 9.26 Å². The van der Waals surface area contributed by atoms with Gasteiger partial charge in [-0.25, -0.2) is 0 Å². The molecule has 0 unspecified atom stereocenters. The van der Waals surface area contributed by atoms with Crippen LogP contribution in [0, 0.1) is 0 Å². The molecule has 2 aromatic heterocycles. The lowest BCUT2D eigenvalue weighted by molar-refractivity contribution is 0.340. The first-order chi connectivity index (χ1) is 15.7. The molecule has 0 N–H and O–H groups in total. The number of aromatic nitrogens is 3. The van der Waals surface area contributed by atoms with E-state index in [0.29, 0.717) is 45.5 Å². The fourth-order valence-electron chi connectivity index (χ4n) is 3.61. The van der Waals surface area contributed by atoms with Crippen LogP contribution in [0.2, 0.25) is 5.02 Å². The second kappa shape index (κ2) is 8.32. The number of hydrogen-bond acceptors (Lipinski definition) is 5. The molecule has 7 heteroatoms. The Kier molecular flexibility index (Phi) is 5.21. The third-order valence-corrected chi connectivity index (χ3v) is 5.45. The van der Waals surface area contributed by atoms with Crippen LogP contribution >= 0.6 is 11.6 Å². The van der Waals surface area contributed by atoms with E-state index in [2.05, 4.69) is 10.1 Å². The van der Waals surface area contributed by atoms with Crippen molar-refractivity contribution in [3.05, 3.63) is 94.4 Å². The van der Waals surface area contributed by atoms with E-state index in [1.807, 2.05) is 67.6 Å². The maximum atomic E-state index is 13.2. The summed E-state index contributed by atoms with van der Waals surface area (Å²) in [6, 6.07) is 22.0. The van der Waals surface area contributed by atoms with Gasteiger partial charge >= 0.3 is 0 Å². The number of ether oxygens (including phenoxy) is 1. The van der Waals surface area contributed by atoms with Crippen molar-refractivity contribution in [3.63, 3.8) is 0 Å². The van der Waals surface area contributed by atoms with E-state index in [1.165, 1.54) is 0 Å². The number of hydrogen-bond donors (Lipinski definition) is 0. The summed E-state index contributed by atoms with van der Waals surface area (Å²) in [5, 5.41) is 5.93. The molecule has 32 heavy (non-hydrogen) atoms. The highest BCUT2D eigenvalue weighted by Gasteiger charge is 2.18. The molecule has 5 rings (SSSR count). The van der Waals surface area contributed by atoms with E-state index >= 15 is 0 Å². The average Bonchev–Trinajstić information content (AvgIpc) is 3.30. The first kappa shape index (κ1) is 20.0. The maximum Gasteiger partial charge on any atom is 0.262 e. The largest absolute Gasteiger partial charge is 0.494 e. The Morgan fingerprint density at radius 3 is 2.41 bits per heavy atom. The number of benzene rings is 3. The van der Waals surface area contributed by atoms with E-state index in [4.69, 9.17) is 20.9 Å². The zero-order valence-corrected chi connectivity index (χ0v) is 17.9. The van der Waals surface area contributed by atoms with Gasteiger partial charge in [0.1, 0.15) is 5.75 Å². The Balaban J connectivity index is 1.68. The number of pyridine rings is 1. The second-order valence-electron chi connectivity index (χ2n) is 7.09. The highest BCUT2D eigenvalue weighted by atomic mass is 35.5. The van der Waals surface area contributed by atoms with Crippen LogP contribution in [0.4, 0.5) is 0 Å². The molecule has 0 spiro atoms. The average molecular weight is 444 g/mol. The van der Waals surface area contributed by atoms with Gasteiger partial charge in [-0.3, -0.25) is 9.36 Å². The van der Waals surface area contributed by atoms with Gasteiger partial charge in [-0.1, -0.05) is 47.1 Å². The van der Waals surface area contributed by atoms with Gasteiger partial charge in [-0.05, 0) is 49.4 Å². The Morgan fingerprint density at radius 1 is 0.938 bits per heavy atom. The Morgan fingerprint density at radius 2 is 1.66 bits per heavy atom. The highest BCUT2D eigenvalue weighted by molar-refractivity contribution is 6.33. The molecule has 0 saturated heterocycles. The zero-order valence-electron chi connectivity index (χ0n) is 17.2. The molecule has 0 fully saturated rings. The monoisotopic (exact) mass is 443 g/mol. The van der Waals surface area contributed by atoms with Gasteiger partial charge in [-0.2, -0.15) is 4.98 Å². The minimum Gasteiger partial charge on any atom is -0.494 e. The summed E-state index contributed by atoms with van der Waals surface area (Å²) in [6.07, 6.45) is 1.73. The number of fused-ring (bicyclic) bond motifs is 1. The van der Waals surface area contributed by atoms with Crippen LogP contribution in [0.15, 0.2) is 88.3 Å². The summed E-state index contributed by atoms with van der Waals surface area (Å²) >= 11 is 6.29. The molecule has 0 aliphatic carbocycles. The van der Waals surface area contributed by atoms with Crippen LogP contribution < -0.4 is 10.3 Å². The summed E-state index contributed by atoms with van der Waals surface area (Å²) < 4.78 is 12.7. The molecule has 6 nitrogen and oxygen atoms in total. The summed E-state index contributed by atoms with van der Waals surface area (Å²) in [4.78, 5) is 17.8. The molecule has 0 saturated carbocycles. The fourth-order valence-corrected chi connectivity index (χ4v) is 3.83. The molecule has 158 valence electrons. The molecule has 0 bridgehead atoms. The molecular formula is C25H18ClN3O3. The van der Waals surface area contributed by atoms with Gasteiger partial charge in [0.15, 0.2) is 0 Å². The minimum atomic E-state index is -0.139. The summed E-state index contributed by atoms with van der Waals surface area (Å²) in [5.74, 6) is 1.43. The number of rotatable bonds is 5. The normalized spacial score (nSPS) is 11.1. The Hall–Kier alpha value is -3.90. The van der Waals surface area contributed by atoms with Gasteiger partial charge in [0, 0.05) is 28.2 Å². The van der Waals surface area contributed by atoms with E-state index < -0.39 is 0 Å². The molecule has 0 aliphatic rings. The standard InChI is InChI=1S/C25H18ClN3O3/c1-2-31-17-13-11-16(12-14-17)29-15-21(18-7-3-4-8-19(18)25(29)30)24-27-23(28-32-24)20-9-5-6-10-22(20)26/h3-15H,2H2,1H3. The SMILES string of the molecule is CCOc1ccc(-n2cc(-c3nc(-c4ccccc4Cl)no3)c3ccccc3c2=O)cc1. The minimum absolute atomic E-state index is 0.139. The molecule has 0 atom stereocenters. The van der Waals surface area contributed by atoms with Crippen LogP contribution in [0.3, 0.4) is 0 Å². The Labute approximate surface area is 188 Å². The van der Waals surface area contributed by atoms with E-state index in [0.717, 1.165) is 11.1 Å². The molecular weight excluding hydrogens is 426 g/mol. The van der Waals surface area contributed by atoms with Crippen molar-refractivity contribution in [2.24, 2.45) is 0 Å². The van der Waals surface area contributed by atoms with Gasteiger partial charge in [0.2, 0.25) is 5.82 Å². The quantitative estimate of drug-likeness (QED) is 0.345. The lowest BCUT2D eigenvalue weighted by Crippen LogP contribution is -2.18. The van der Waals surface area contributed by atoms with E-state index in [-0.39, 0.29) is 5.56 Å². The predicted octanol–water partition coefficient (Wildman–Crippen LogP) is 5.76. The van der Waals surface area contributed by atoms with Gasteiger partial charge in [-0.15, -0.1) is 0 Å². The summed E-state index contributed by atoms with van der Waals surface area (Å²) in [7, 11) is 0. The van der Waals surface area contributed by atoms with Crippen molar-refractivity contribution in [2.75, 3.05) is 6.61 Å². The van der Waals surface area contributed by atoms with Crippen LogP contribution in [0.5, 0.6) is 5.75 Å². The Bertz CT molecular complexity index is 1470. The molecule has 3 aromatic carbocycles. The van der Waals surface area contributed by atoms with E-state index in [1.54, 1.807) is 22.9 Å². The van der Waals surface area contributed by atoms with Gasteiger partial charge < -0.3 is 9.26 Å². The van der Waals surface area contributed by atoms with Crippen molar-refractivity contribution in [2.45, 2.75) is 6.92 Å². The summed E-state index contributed by atoms with van der Waals surface area (Å²) in [5.41, 5.74) is 1.89. The molecule has 5 aromatic rings. The highest BCUT2D eigenvalue weighted by Crippen LogP contribution is 2.31. The lowest BCUT2D eigenvalue weighted by Gasteiger charge is -2.11. The number of nitrogens with zero attached hydrogens (tertiary/aromatic N) is 3. The van der Waals surface area contributed by atoms with Crippen molar-refractivity contribution in [1.29, 1.82) is 0 Å². The smallest absolute Gasteiger partial charge is 0.262 e. The van der Waals surface area contributed by atoms with Gasteiger partial charge in [0.05, 0.1) is 17.2 Å². The second-order valence-corrected chi connectivity index (χ2v) is 7.50. The molecule has 0 radical (unpaired) electrons. The van der Waals surface area contributed by atoms with Crippen molar-refractivity contribution in [3.8, 4) is 34.3 Å². The van der Waals surface area contributed by atoms with Gasteiger partial charge in [0.25, 0.3) is 11.4 Å².